The molecule has 7 heteroatoms. The minimum absolute atomic E-state index is 0.0190. The maximum atomic E-state index is 14.1. The number of pyridine rings is 1. The summed E-state index contributed by atoms with van der Waals surface area (Å²) in [7, 11) is 3.35. The lowest BCUT2D eigenvalue weighted by atomic mass is 9.91. The predicted molar refractivity (Wildman–Crippen MR) is 140 cm³/mol. The van der Waals surface area contributed by atoms with Crippen molar-refractivity contribution in [2.75, 3.05) is 26.5 Å². The smallest absolute Gasteiger partial charge is 0.257 e. The van der Waals surface area contributed by atoms with Gasteiger partial charge in [-0.1, -0.05) is 25.1 Å². The average molecular weight is 488 g/mol. The van der Waals surface area contributed by atoms with Crippen LogP contribution in [0.1, 0.15) is 46.6 Å². The second-order valence-electron chi connectivity index (χ2n) is 8.53. The Morgan fingerprint density at radius 1 is 1.14 bits per heavy atom. The van der Waals surface area contributed by atoms with Crippen molar-refractivity contribution >= 4 is 28.6 Å². The molecular formula is C28H29N3O3S. The summed E-state index contributed by atoms with van der Waals surface area (Å²) in [5, 5.41) is 1.91. The Bertz CT molecular complexity index is 1370. The molecule has 2 aromatic carbocycles. The first kappa shape index (κ1) is 23.3. The Morgan fingerprint density at radius 2 is 2.00 bits per heavy atom. The number of aromatic amines is 1. The number of nitrogens with one attached hydrogen (secondary N) is 1. The number of fused-ring (bicyclic) bond motifs is 3. The van der Waals surface area contributed by atoms with Crippen LogP contribution in [0.2, 0.25) is 0 Å². The maximum Gasteiger partial charge on any atom is 0.257 e. The number of rotatable bonds is 7. The molecule has 0 saturated heterocycles. The number of hydrogen-bond acceptors (Lipinski definition) is 5. The summed E-state index contributed by atoms with van der Waals surface area (Å²) in [6.07, 6.45) is 3.52. The van der Waals surface area contributed by atoms with Gasteiger partial charge in [0.25, 0.3) is 5.91 Å². The number of thioether (sulfide) groups is 1. The zero-order valence-electron chi connectivity index (χ0n) is 20.2. The predicted octanol–water partition coefficient (Wildman–Crippen LogP) is 5.87. The summed E-state index contributed by atoms with van der Waals surface area (Å²) in [6.45, 7) is 2.72. The van der Waals surface area contributed by atoms with Gasteiger partial charge in [-0.15, -0.1) is 11.8 Å². The fourth-order valence-electron chi connectivity index (χ4n) is 4.85. The van der Waals surface area contributed by atoms with Gasteiger partial charge in [-0.3, -0.25) is 4.79 Å². The Balaban J connectivity index is 1.66. The third kappa shape index (κ3) is 4.25. The molecule has 1 aliphatic rings. The van der Waals surface area contributed by atoms with E-state index in [1.165, 1.54) is 5.56 Å². The first-order valence-corrected chi connectivity index (χ1v) is 12.8. The van der Waals surface area contributed by atoms with E-state index >= 15 is 0 Å². The molecule has 0 bridgehead atoms. The van der Waals surface area contributed by atoms with Crippen LogP contribution in [0.15, 0.2) is 65.8 Å². The number of methoxy groups -OCH3 is 2. The van der Waals surface area contributed by atoms with Gasteiger partial charge >= 0.3 is 0 Å². The molecule has 5 rings (SSSR count). The van der Waals surface area contributed by atoms with Crippen molar-refractivity contribution in [3.63, 3.8) is 0 Å². The van der Waals surface area contributed by atoms with Gasteiger partial charge in [-0.2, -0.15) is 0 Å². The Morgan fingerprint density at radius 3 is 2.80 bits per heavy atom. The van der Waals surface area contributed by atoms with E-state index in [0.29, 0.717) is 12.1 Å². The summed E-state index contributed by atoms with van der Waals surface area (Å²) in [5.74, 6) is 2.47. The highest BCUT2D eigenvalue weighted by atomic mass is 32.2. The van der Waals surface area contributed by atoms with Crippen LogP contribution in [-0.2, 0) is 6.42 Å². The van der Waals surface area contributed by atoms with Crippen LogP contribution in [0.3, 0.4) is 0 Å². The standard InChI is InChI=1S/C28H29N3O3S/c1-4-16-35-27-21(9-7-14-29-27)28(32)31-15-13-19-22-17-18(33-2)11-12-23(22)30-25(19)26(31)20-8-5-6-10-24(20)34-3/h5-12,14,17,26,30H,4,13,15-16H2,1-3H3. The van der Waals surface area contributed by atoms with Crippen LogP contribution in [0.25, 0.3) is 10.9 Å². The average Bonchev–Trinajstić information content (AvgIpc) is 3.29. The molecule has 1 aliphatic heterocycles. The topological polar surface area (TPSA) is 67.5 Å². The quantitative estimate of drug-likeness (QED) is 0.330. The normalized spacial score (nSPS) is 15.2. The third-order valence-corrected chi connectivity index (χ3v) is 7.68. The van der Waals surface area contributed by atoms with E-state index in [1.54, 1.807) is 32.2 Å². The highest BCUT2D eigenvalue weighted by Crippen LogP contribution is 2.43. The van der Waals surface area contributed by atoms with Crippen molar-refractivity contribution in [3.05, 3.63) is 83.2 Å². The van der Waals surface area contributed by atoms with Gasteiger partial charge in [0.15, 0.2) is 0 Å². The molecule has 35 heavy (non-hydrogen) atoms. The van der Waals surface area contributed by atoms with Crippen LogP contribution < -0.4 is 9.47 Å². The molecule has 0 radical (unpaired) electrons. The summed E-state index contributed by atoms with van der Waals surface area (Å²) >= 11 is 1.63. The van der Waals surface area contributed by atoms with Crippen molar-refractivity contribution in [2.45, 2.75) is 30.8 Å². The Hall–Kier alpha value is -3.45. The molecule has 0 spiro atoms. The van der Waals surface area contributed by atoms with Crippen molar-refractivity contribution < 1.29 is 14.3 Å². The van der Waals surface area contributed by atoms with Crippen molar-refractivity contribution in [2.24, 2.45) is 0 Å². The number of para-hydroxylation sites is 1. The first-order valence-electron chi connectivity index (χ1n) is 11.9. The molecular weight excluding hydrogens is 458 g/mol. The molecule has 6 nitrogen and oxygen atoms in total. The lowest BCUT2D eigenvalue weighted by Gasteiger charge is -2.37. The molecule has 180 valence electrons. The zero-order valence-corrected chi connectivity index (χ0v) is 21.0. The first-order chi connectivity index (χ1) is 17.2. The highest BCUT2D eigenvalue weighted by molar-refractivity contribution is 7.99. The molecule has 1 amide bonds. The highest BCUT2D eigenvalue weighted by Gasteiger charge is 2.37. The van der Waals surface area contributed by atoms with Crippen molar-refractivity contribution in [3.8, 4) is 11.5 Å². The molecule has 1 N–H and O–H groups in total. The number of benzene rings is 2. The lowest BCUT2D eigenvalue weighted by molar-refractivity contribution is 0.0685. The molecule has 1 unspecified atom stereocenters. The second-order valence-corrected chi connectivity index (χ2v) is 9.61. The minimum Gasteiger partial charge on any atom is -0.497 e. The molecule has 2 aromatic heterocycles. The van der Waals surface area contributed by atoms with E-state index in [9.17, 15) is 4.79 Å². The van der Waals surface area contributed by atoms with Gasteiger partial charge in [-0.25, -0.2) is 4.98 Å². The Labute approximate surface area is 209 Å². The number of amides is 1. The summed E-state index contributed by atoms with van der Waals surface area (Å²) in [6, 6.07) is 17.4. The number of nitrogens with zero attached hydrogens (tertiary/aromatic N) is 2. The number of carbonyl (C=O) groups excluding carboxylic acids is 1. The van der Waals surface area contributed by atoms with Gasteiger partial charge in [0.05, 0.1) is 19.8 Å². The van der Waals surface area contributed by atoms with E-state index < -0.39 is 0 Å². The van der Waals surface area contributed by atoms with Crippen LogP contribution in [0.5, 0.6) is 11.5 Å². The molecule has 0 saturated carbocycles. The van der Waals surface area contributed by atoms with Crippen LogP contribution in [0.4, 0.5) is 0 Å². The SMILES string of the molecule is CCCSc1ncccc1C(=O)N1CCc2c([nH]c3ccc(OC)cc23)C1c1ccccc1OC. The molecule has 0 fully saturated rings. The monoisotopic (exact) mass is 487 g/mol. The van der Waals surface area contributed by atoms with Gasteiger partial charge in [0.2, 0.25) is 0 Å². The molecule has 3 heterocycles. The number of ether oxygens (including phenoxy) is 2. The van der Waals surface area contributed by atoms with Gasteiger partial charge in [0, 0.05) is 34.9 Å². The van der Waals surface area contributed by atoms with E-state index in [-0.39, 0.29) is 11.9 Å². The van der Waals surface area contributed by atoms with Gasteiger partial charge < -0.3 is 19.4 Å². The van der Waals surface area contributed by atoms with E-state index in [0.717, 1.165) is 57.3 Å². The van der Waals surface area contributed by atoms with E-state index in [4.69, 9.17) is 9.47 Å². The van der Waals surface area contributed by atoms with E-state index in [2.05, 4.69) is 23.0 Å². The third-order valence-electron chi connectivity index (χ3n) is 6.47. The fraction of sp³-hybridized carbons (Fsp3) is 0.286. The maximum absolute atomic E-state index is 14.1. The Kier molecular flexibility index (Phi) is 6.68. The van der Waals surface area contributed by atoms with Crippen LogP contribution in [0, 0.1) is 0 Å². The molecule has 1 atom stereocenters. The van der Waals surface area contributed by atoms with Gasteiger partial charge in [-0.05, 0) is 60.6 Å². The summed E-state index contributed by atoms with van der Waals surface area (Å²) in [4.78, 5) is 24.2. The van der Waals surface area contributed by atoms with Crippen molar-refractivity contribution in [1.82, 2.24) is 14.9 Å². The number of H-pyrrole nitrogens is 1. The summed E-state index contributed by atoms with van der Waals surface area (Å²) in [5.41, 5.74) is 4.86. The van der Waals surface area contributed by atoms with Crippen LogP contribution >= 0.6 is 11.8 Å². The zero-order chi connectivity index (χ0) is 24.4. The van der Waals surface area contributed by atoms with E-state index in [1.807, 2.05) is 53.4 Å². The number of aromatic nitrogens is 2. The number of hydrogen-bond donors (Lipinski definition) is 1. The largest absolute Gasteiger partial charge is 0.497 e. The summed E-state index contributed by atoms with van der Waals surface area (Å²) < 4.78 is 11.2. The fourth-order valence-corrected chi connectivity index (χ4v) is 5.69. The second kappa shape index (κ2) is 10.0. The molecule has 0 aliphatic carbocycles. The lowest BCUT2D eigenvalue weighted by Crippen LogP contribution is -2.41. The van der Waals surface area contributed by atoms with Crippen LogP contribution in [-0.4, -0.2) is 47.3 Å². The minimum atomic E-state index is -0.315. The molecule has 4 aromatic rings. The number of carbonyl (C=O) groups is 1. The van der Waals surface area contributed by atoms with Gasteiger partial charge in [0.1, 0.15) is 22.6 Å². The van der Waals surface area contributed by atoms with Crippen molar-refractivity contribution in [1.29, 1.82) is 0 Å².